The summed E-state index contributed by atoms with van der Waals surface area (Å²) >= 11 is 0. The van der Waals surface area contributed by atoms with Crippen LogP contribution in [0.1, 0.15) is 6.92 Å². The van der Waals surface area contributed by atoms with Gasteiger partial charge in [0, 0.05) is 0 Å². The fourth-order valence-corrected chi connectivity index (χ4v) is 1.59. The molecular weight excluding hydrogens is 520 g/mol. The first-order valence-electron chi connectivity index (χ1n) is 6.58. The molecule has 0 aromatic rings. The van der Waals surface area contributed by atoms with Crippen molar-refractivity contribution < 1.29 is 88.9 Å². The van der Waals surface area contributed by atoms with Crippen molar-refractivity contribution in [3.63, 3.8) is 0 Å². The van der Waals surface area contributed by atoms with Gasteiger partial charge >= 0.3 is 53.6 Å². The van der Waals surface area contributed by atoms with Crippen LogP contribution in [-0.4, -0.2) is 64.4 Å². The maximum absolute atomic E-state index is 13.3. The maximum Gasteiger partial charge on any atom is 0.428 e. The van der Waals surface area contributed by atoms with Gasteiger partial charge in [-0.2, -0.15) is 74.6 Å². The lowest BCUT2D eigenvalue weighted by Crippen LogP contribution is -2.76. The van der Waals surface area contributed by atoms with Gasteiger partial charge in [0.25, 0.3) is 5.67 Å². The minimum atomic E-state index is -8.82. The predicted octanol–water partition coefficient (Wildman–Crippen LogP) is 5.97. The number of hydrogen-bond donors (Lipinski definition) is 2. The average molecular weight is 527 g/mol. The molecule has 0 aromatic carbocycles. The summed E-state index contributed by atoms with van der Waals surface area (Å²) in [5.74, 6) is -63.1. The molecule has 0 bridgehead atoms. The third-order valence-electron chi connectivity index (χ3n) is 3.76. The van der Waals surface area contributed by atoms with E-state index in [-0.39, 0.29) is 6.15 Å². The van der Waals surface area contributed by atoms with Gasteiger partial charge in [0.15, 0.2) is 0 Å². The second-order valence-electron chi connectivity index (χ2n) is 5.83. The maximum atomic E-state index is 13.3. The monoisotopic (exact) mass is 527 g/mol. The Morgan fingerprint density at radius 3 is 0.938 bits per heavy atom. The molecule has 0 heterocycles. The summed E-state index contributed by atoms with van der Waals surface area (Å²) in [5.41, 5.74) is -6.90. The van der Waals surface area contributed by atoms with Crippen LogP contribution in [0, 0.1) is 0 Å². The van der Waals surface area contributed by atoms with Crippen molar-refractivity contribution in [3.8, 4) is 0 Å². The standard InChI is InChI=1S/C11H4F18O2.H3N/c1-3(12,11(27,28)29)5(15,16)7(19,20)9(23,24)10(25,26)8(21,22)6(17,18)4(13,14)2(30)31;/h1H3,(H,30,31);1H3. The van der Waals surface area contributed by atoms with Gasteiger partial charge in [-0.05, 0) is 6.92 Å². The van der Waals surface area contributed by atoms with E-state index in [2.05, 4.69) is 0 Å². The van der Waals surface area contributed by atoms with Crippen LogP contribution in [0.2, 0.25) is 0 Å². The number of carboxylic acid groups (broad SMARTS) is 1. The second kappa shape index (κ2) is 7.61. The lowest BCUT2D eigenvalue weighted by atomic mass is 9.84. The number of hydrogen-bond acceptors (Lipinski definition) is 2. The Hall–Kier alpha value is -1.83. The fraction of sp³-hybridized carbons (Fsp3) is 0.909. The van der Waals surface area contributed by atoms with E-state index in [9.17, 15) is 83.8 Å². The number of alkyl halides is 18. The van der Waals surface area contributed by atoms with Crippen molar-refractivity contribution in [2.24, 2.45) is 0 Å². The van der Waals surface area contributed by atoms with Crippen LogP contribution in [0.3, 0.4) is 0 Å². The van der Waals surface area contributed by atoms with E-state index in [1.807, 2.05) is 0 Å². The number of carbonyl (C=O) groups is 1. The molecule has 194 valence electrons. The van der Waals surface area contributed by atoms with Crippen molar-refractivity contribution >= 4 is 5.97 Å². The molecule has 1 atom stereocenters. The molecule has 0 saturated carbocycles. The highest BCUT2D eigenvalue weighted by Crippen LogP contribution is 2.64. The molecule has 0 rings (SSSR count). The van der Waals surface area contributed by atoms with E-state index in [4.69, 9.17) is 5.11 Å². The van der Waals surface area contributed by atoms with E-state index in [1.165, 1.54) is 0 Å². The molecule has 0 aliphatic rings. The third kappa shape index (κ3) is 3.58. The molecule has 32 heavy (non-hydrogen) atoms. The molecule has 0 amide bonds. The second-order valence-corrected chi connectivity index (χ2v) is 5.83. The normalized spacial score (nSPS) is 17.5. The highest BCUT2D eigenvalue weighted by atomic mass is 19.4. The van der Waals surface area contributed by atoms with E-state index in [1.54, 1.807) is 0 Å². The summed E-state index contributed by atoms with van der Waals surface area (Å²) < 4.78 is 233. The molecule has 0 saturated heterocycles. The number of carboxylic acids is 1. The van der Waals surface area contributed by atoms with Crippen LogP contribution in [0.15, 0.2) is 0 Å². The summed E-state index contributed by atoms with van der Waals surface area (Å²) in [5, 5.41) is 7.66. The van der Waals surface area contributed by atoms with E-state index < -0.39 is 66.2 Å². The Morgan fingerprint density at radius 2 is 0.719 bits per heavy atom. The molecule has 0 aliphatic carbocycles. The van der Waals surface area contributed by atoms with Crippen LogP contribution < -0.4 is 6.15 Å². The van der Waals surface area contributed by atoms with Gasteiger partial charge in [-0.1, -0.05) is 0 Å². The van der Waals surface area contributed by atoms with Crippen LogP contribution in [0.5, 0.6) is 0 Å². The first-order valence-corrected chi connectivity index (χ1v) is 6.58. The third-order valence-corrected chi connectivity index (χ3v) is 3.76. The van der Waals surface area contributed by atoms with Crippen LogP contribution in [0.25, 0.3) is 0 Å². The van der Waals surface area contributed by atoms with Gasteiger partial charge < -0.3 is 11.3 Å². The van der Waals surface area contributed by atoms with Crippen LogP contribution in [0.4, 0.5) is 79.0 Å². The number of rotatable bonds is 8. The lowest BCUT2D eigenvalue weighted by molar-refractivity contribution is -0.454. The van der Waals surface area contributed by atoms with Gasteiger partial charge in [-0.15, -0.1) is 0 Å². The SMILES string of the molecule is CC(F)(C(F)(F)F)C(F)(F)C(F)(F)C(F)(F)C(F)(F)C(F)(F)C(F)(F)C(F)(F)C(=O)O.N. The molecule has 21 heteroatoms. The van der Waals surface area contributed by atoms with Gasteiger partial charge in [0.05, 0.1) is 0 Å². The highest BCUT2D eigenvalue weighted by Gasteiger charge is 2.96. The summed E-state index contributed by atoms with van der Waals surface area (Å²) in [7, 11) is 0. The Morgan fingerprint density at radius 1 is 0.500 bits per heavy atom. The minimum Gasteiger partial charge on any atom is -0.477 e. The molecule has 0 radical (unpaired) electrons. The Labute approximate surface area is 162 Å². The molecule has 3 nitrogen and oxygen atoms in total. The first kappa shape index (κ1) is 32.4. The molecule has 0 spiro atoms. The summed E-state index contributed by atoms with van der Waals surface area (Å²) in [6, 6.07) is 0. The molecular formula is C11H7F18NO2. The Kier molecular flexibility index (Phi) is 7.69. The zero-order valence-electron chi connectivity index (χ0n) is 14.4. The van der Waals surface area contributed by atoms with E-state index in [0.29, 0.717) is 0 Å². The zero-order valence-corrected chi connectivity index (χ0v) is 14.4. The van der Waals surface area contributed by atoms with E-state index in [0.717, 1.165) is 0 Å². The lowest BCUT2D eigenvalue weighted by Gasteiger charge is -2.44. The average Bonchev–Trinajstić information content (AvgIpc) is 2.52. The van der Waals surface area contributed by atoms with E-state index >= 15 is 0 Å². The van der Waals surface area contributed by atoms with Crippen LogP contribution >= 0.6 is 0 Å². The fourth-order valence-electron chi connectivity index (χ4n) is 1.59. The topological polar surface area (TPSA) is 72.3 Å². The van der Waals surface area contributed by atoms with Gasteiger partial charge in [-0.3, -0.25) is 0 Å². The van der Waals surface area contributed by atoms with Gasteiger partial charge in [-0.25, -0.2) is 9.18 Å². The van der Waals surface area contributed by atoms with Crippen molar-refractivity contribution in [1.29, 1.82) is 0 Å². The smallest absolute Gasteiger partial charge is 0.428 e. The summed E-state index contributed by atoms with van der Waals surface area (Å²) in [4.78, 5) is 9.85. The summed E-state index contributed by atoms with van der Waals surface area (Å²) in [6.07, 6.45) is -7.28. The zero-order chi connectivity index (χ0) is 26.1. The van der Waals surface area contributed by atoms with Crippen molar-refractivity contribution in [3.05, 3.63) is 0 Å². The molecule has 0 aliphatic heterocycles. The summed E-state index contributed by atoms with van der Waals surface area (Å²) in [6.45, 7) is -1.64. The Bertz CT molecular complexity index is 708. The number of aliphatic carboxylic acids is 1. The highest BCUT2D eigenvalue weighted by molar-refractivity contribution is 5.77. The molecule has 0 fully saturated rings. The molecule has 4 N–H and O–H groups in total. The number of halogens is 18. The Balaban J connectivity index is 0. The largest absolute Gasteiger partial charge is 0.477 e. The van der Waals surface area contributed by atoms with Crippen molar-refractivity contribution in [1.82, 2.24) is 6.15 Å². The van der Waals surface area contributed by atoms with Gasteiger partial charge in [0.2, 0.25) is 0 Å². The first-order chi connectivity index (χ1) is 12.9. The van der Waals surface area contributed by atoms with Gasteiger partial charge in [0.1, 0.15) is 0 Å². The minimum absolute atomic E-state index is 0. The van der Waals surface area contributed by atoms with Crippen molar-refractivity contribution in [2.75, 3.05) is 0 Å². The molecule has 1 unspecified atom stereocenters. The van der Waals surface area contributed by atoms with Crippen LogP contribution in [-0.2, 0) is 4.79 Å². The predicted molar refractivity (Wildman–Crippen MR) is 62.9 cm³/mol. The quantitative estimate of drug-likeness (QED) is 0.383. The van der Waals surface area contributed by atoms with Crippen molar-refractivity contribution in [2.45, 2.75) is 60.2 Å². The molecule has 0 aromatic heterocycles.